The third kappa shape index (κ3) is 2.79. The fraction of sp³-hybridized carbons (Fsp3) is 0.538. The molecule has 0 bridgehead atoms. The molecule has 1 amide bonds. The molecule has 1 aromatic heterocycles. The van der Waals surface area contributed by atoms with Crippen LogP contribution in [0.15, 0.2) is 0 Å². The standard InChI is InChI=1S/C13H17NO4S/c1-3-8-7(2)19-12(10(8)13(16)17)14-11(15)9-5-4-6-18-9/h9H,3-6H2,1-2H3,(H,14,15)(H,16,17). The van der Waals surface area contributed by atoms with Gasteiger partial charge in [-0.1, -0.05) is 6.92 Å². The van der Waals surface area contributed by atoms with Gasteiger partial charge in [0.15, 0.2) is 0 Å². The van der Waals surface area contributed by atoms with E-state index in [9.17, 15) is 14.7 Å². The zero-order chi connectivity index (χ0) is 14.0. The molecule has 2 N–H and O–H groups in total. The molecule has 1 fully saturated rings. The van der Waals surface area contributed by atoms with Crippen molar-refractivity contribution >= 4 is 28.2 Å². The number of nitrogens with one attached hydrogen (secondary N) is 1. The molecule has 5 nitrogen and oxygen atoms in total. The Kier molecular flexibility index (Phi) is 4.21. The lowest BCUT2D eigenvalue weighted by Crippen LogP contribution is -2.27. The van der Waals surface area contributed by atoms with E-state index in [4.69, 9.17) is 4.74 Å². The van der Waals surface area contributed by atoms with E-state index in [0.29, 0.717) is 24.4 Å². The Morgan fingerprint density at radius 3 is 2.79 bits per heavy atom. The van der Waals surface area contributed by atoms with Crippen molar-refractivity contribution in [3.8, 4) is 0 Å². The minimum atomic E-state index is -0.996. The molecule has 2 rings (SSSR count). The van der Waals surface area contributed by atoms with Gasteiger partial charge in [0.25, 0.3) is 5.91 Å². The number of aryl methyl sites for hydroxylation is 1. The van der Waals surface area contributed by atoms with Crippen molar-refractivity contribution in [3.05, 3.63) is 16.0 Å². The van der Waals surface area contributed by atoms with E-state index in [2.05, 4.69) is 5.32 Å². The van der Waals surface area contributed by atoms with E-state index < -0.39 is 12.1 Å². The lowest BCUT2D eigenvalue weighted by Gasteiger charge is -2.09. The molecule has 2 heterocycles. The van der Waals surface area contributed by atoms with Crippen molar-refractivity contribution in [3.63, 3.8) is 0 Å². The average molecular weight is 283 g/mol. The Hall–Kier alpha value is -1.40. The van der Waals surface area contributed by atoms with Gasteiger partial charge in [0.05, 0.1) is 5.56 Å². The Bertz CT molecular complexity index is 503. The quantitative estimate of drug-likeness (QED) is 0.890. The highest BCUT2D eigenvalue weighted by Crippen LogP contribution is 2.33. The van der Waals surface area contributed by atoms with Crippen molar-refractivity contribution in [1.82, 2.24) is 0 Å². The predicted molar refractivity (Wildman–Crippen MR) is 73.0 cm³/mol. The lowest BCUT2D eigenvalue weighted by atomic mass is 10.1. The van der Waals surface area contributed by atoms with E-state index in [-0.39, 0.29) is 11.5 Å². The molecular formula is C13H17NO4S. The highest BCUT2D eigenvalue weighted by molar-refractivity contribution is 7.16. The van der Waals surface area contributed by atoms with Gasteiger partial charge < -0.3 is 15.2 Å². The van der Waals surface area contributed by atoms with Gasteiger partial charge in [0.2, 0.25) is 0 Å². The molecule has 1 saturated heterocycles. The number of carboxylic acid groups (broad SMARTS) is 1. The minimum absolute atomic E-state index is 0.219. The number of thiophene rings is 1. The van der Waals surface area contributed by atoms with Crippen molar-refractivity contribution < 1.29 is 19.4 Å². The summed E-state index contributed by atoms with van der Waals surface area (Å²) < 4.78 is 5.30. The first-order valence-corrected chi connectivity index (χ1v) is 7.14. The molecule has 6 heteroatoms. The SMILES string of the molecule is CCc1c(C)sc(NC(=O)C2CCCO2)c1C(=O)O. The highest BCUT2D eigenvalue weighted by Gasteiger charge is 2.27. The molecule has 0 aromatic carbocycles. The number of hydrogen-bond donors (Lipinski definition) is 2. The van der Waals surface area contributed by atoms with Crippen LogP contribution in [0.25, 0.3) is 0 Å². The molecular weight excluding hydrogens is 266 g/mol. The number of carbonyl (C=O) groups excluding carboxylic acids is 1. The maximum Gasteiger partial charge on any atom is 0.339 e. The molecule has 0 spiro atoms. The second-order valence-electron chi connectivity index (χ2n) is 4.49. The molecule has 1 unspecified atom stereocenters. The van der Waals surface area contributed by atoms with Crippen molar-refractivity contribution in [1.29, 1.82) is 0 Å². The van der Waals surface area contributed by atoms with Gasteiger partial charge in [0, 0.05) is 11.5 Å². The lowest BCUT2D eigenvalue weighted by molar-refractivity contribution is -0.124. The van der Waals surface area contributed by atoms with Gasteiger partial charge in [-0.15, -0.1) is 11.3 Å². The summed E-state index contributed by atoms with van der Waals surface area (Å²) in [6.45, 7) is 4.37. The van der Waals surface area contributed by atoms with Gasteiger partial charge >= 0.3 is 5.97 Å². The number of amides is 1. The van der Waals surface area contributed by atoms with Gasteiger partial charge in [-0.05, 0) is 31.7 Å². The first-order valence-electron chi connectivity index (χ1n) is 6.32. The van der Waals surface area contributed by atoms with Crippen molar-refractivity contribution in [2.24, 2.45) is 0 Å². The zero-order valence-electron chi connectivity index (χ0n) is 11.0. The van der Waals surface area contributed by atoms with Crippen LogP contribution in [0.4, 0.5) is 5.00 Å². The van der Waals surface area contributed by atoms with Crippen LogP contribution in [0.2, 0.25) is 0 Å². The van der Waals surface area contributed by atoms with Gasteiger partial charge in [-0.3, -0.25) is 4.79 Å². The van der Waals surface area contributed by atoms with E-state index in [0.717, 1.165) is 16.9 Å². The summed E-state index contributed by atoms with van der Waals surface area (Å²) in [5.41, 5.74) is 1.01. The minimum Gasteiger partial charge on any atom is -0.478 e. The molecule has 1 atom stereocenters. The first-order chi connectivity index (χ1) is 9.04. The topological polar surface area (TPSA) is 75.6 Å². The average Bonchev–Trinajstić information content (AvgIpc) is 2.96. The van der Waals surface area contributed by atoms with E-state index in [1.54, 1.807) is 0 Å². The predicted octanol–water partition coefficient (Wildman–Crippen LogP) is 2.43. The number of ether oxygens (including phenoxy) is 1. The number of hydrogen-bond acceptors (Lipinski definition) is 4. The summed E-state index contributed by atoms with van der Waals surface area (Å²) in [5, 5.41) is 12.4. The summed E-state index contributed by atoms with van der Waals surface area (Å²) >= 11 is 1.31. The van der Waals surface area contributed by atoms with Gasteiger partial charge in [-0.2, -0.15) is 0 Å². The fourth-order valence-electron chi connectivity index (χ4n) is 2.30. The Morgan fingerprint density at radius 2 is 2.26 bits per heavy atom. The summed E-state index contributed by atoms with van der Waals surface area (Å²) in [7, 11) is 0. The van der Waals surface area contributed by atoms with Crippen LogP contribution in [0.3, 0.4) is 0 Å². The maximum absolute atomic E-state index is 12.0. The molecule has 104 valence electrons. The highest BCUT2D eigenvalue weighted by atomic mass is 32.1. The zero-order valence-corrected chi connectivity index (χ0v) is 11.8. The third-order valence-electron chi connectivity index (χ3n) is 3.24. The number of carbonyl (C=O) groups is 2. The van der Waals surface area contributed by atoms with Crippen LogP contribution >= 0.6 is 11.3 Å². The second kappa shape index (κ2) is 5.71. The number of anilines is 1. The van der Waals surface area contributed by atoms with Crippen LogP contribution in [0.1, 0.15) is 40.6 Å². The molecule has 0 radical (unpaired) electrons. The summed E-state index contributed by atoms with van der Waals surface area (Å²) in [4.78, 5) is 24.3. The van der Waals surface area contributed by atoms with Crippen molar-refractivity contribution in [2.75, 3.05) is 11.9 Å². The van der Waals surface area contributed by atoms with E-state index in [1.165, 1.54) is 11.3 Å². The Balaban J connectivity index is 2.24. The Labute approximate surface area is 115 Å². The molecule has 1 aromatic rings. The van der Waals surface area contributed by atoms with E-state index >= 15 is 0 Å². The van der Waals surface area contributed by atoms with Crippen LogP contribution in [-0.2, 0) is 16.0 Å². The summed E-state index contributed by atoms with van der Waals surface area (Å²) in [6, 6.07) is 0. The molecule has 1 aliphatic rings. The maximum atomic E-state index is 12.0. The second-order valence-corrected chi connectivity index (χ2v) is 5.72. The summed E-state index contributed by atoms with van der Waals surface area (Å²) in [5.74, 6) is -1.24. The third-order valence-corrected chi connectivity index (χ3v) is 4.30. The molecule has 0 saturated carbocycles. The molecule has 19 heavy (non-hydrogen) atoms. The first kappa shape index (κ1) is 14.0. The van der Waals surface area contributed by atoms with Crippen LogP contribution in [0.5, 0.6) is 0 Å². The van der Waals surface area contributed by atoms with Gasteiger partial charge in [-0.25, -0.2) is 4.79 Å². The van der Waals surface area contributed by atoms with Crippen LogP contribution in [0, 0.1) is 6.92 Å². The summed E-state index contributed by atoms with van der Waals surface area (Å²) in [6.07, 6.45) is 1.75. The monoisotopic (exact) mass is 283 g/mol. The Morgan fingerprint density at radius 1 is 1.53 bits per heavy atom. The largest absolute Gasteiger partial charge is 0.478 e. The fourth-order valence-corrected chi connectivity index (χ4v) is 3.44. The van der Waals surface area contributed by atoms with Crippen molar-refractivity contribution in [2.45, 2.75) is 39.2 Å². The number of aromatic carboxylic acids is 1. The molecule has 1 aliphatic heterocycles. The molecule has 0 aliphatic carbocycles. The number of carboxylic acids is 1. The van der Waals surface area contributed by atoms with E-state index in [1.807, 2.05) is 13.8 Å². The smallest absolute Gasteiger partial charge is 0.339 e. The normalized spacial score (nSPS) is 18.5. The number of rotatable bonds is 4. The van der Waals surface area contributed by atoms with Gasteiger partial charge in [0.1, 0.15) is 11.1 Å². The van der Waals surface area contributed by atoms with Crippen LogP contribution in [-0.4, -0.2) is 29.7 Å². The van der Waals surface area contributed by atoms with Crippen LogP contribution < -0.4 is 5.32 Å².